The Labute approximate surface area is 450 Å². The summed E-state index contributed by atoms with van der Waals surface area (Å²) in [7, 11) is 0. The maximum absolute atomic E-state index is 4.90. The van der Waals surface area contributed by atoms with E-state index in [1.165, 1.54) is 33.4 Å². The number of allylic oxidation sites excluding steroid dienone is 6. The largest absolute Gasteiger partial charge is 0.335 e. The molecule has 10 rings (SSSR count). The van der Waals surface area contributed by atoms with Gasteiger partial charge in [0.2, 0.25) is 0 Å². The molecular weight excluding hydrogens is 917 g/mol. The molecule has 0 bridgehead atoms. The van der Waals surface area contributed by atoms with Crippen molar-refractivity contribution < 1.29 is 0 Å². The van der Waals surface area contributed by atoms with Crippen LogP contribution in [-0.4, -0.2) is 6.04 Å². The smallest absolute Gasteiger partial charge is 0.0497 e. The zero-order chi connectivity index (χ0) is 51.9. The summed E-state index contributed by atoms with van der Waals surface area (Å²) in [5.41, 5.74) is 19.9. The van der Waals surface area contributed by atoms with Crippen molar-refractivity contribution in [3.63, 3.8) is 0 Å². The van der Waals surface area contributed by atoms with Crippen molar-refractivity contribution in [1.29, 1.82) is 0 Å². The van der Waals surface area contributed by atoms with Gasteiger partial charge in [-0.25, -0.2) is 0 Å². The molecule has 1 unspecified atom stereocenters. The Morgan fingerprint density at radius 2 is 0.750 bits per heavy atom. The predicted octanol–water partition coefficient (Wildman–Crippen LogP) is 20.2. The van der Waals surface area contributed by atoms with Crippen LogP contribution in [0.5, 0.6) is 0 Å². The van der Waals surface area contributed by atoms with Crippen LogP contribution in [0.2, 0.25) is 0 Å². The summed E-state index contributed by atoms with van der Waals surface area (Å²) in [6.45, 7) is 9.38. The van der Waals surface area contributed by atoms with Crippen molar-refractivity contribution >= 4 is 45.5 Å². The van der Waals surface area contributed by atoms with Crippen LogP contribution in [0.3, 0.4) is 0 Å². The van der Waals surface area contributed by atoms with Crippen LogP contribution in [0.4, 0.5) is 22.7 Å². The number of nitrogens with zero attached hydrogens (tertiary/aromatic N) is 2. The van der Waals surface area contributed by atoms with Crippen LogP contribution in [0.1, 0.15) is 42.5 Å². The highest BCUT2D eigenvalue weighted by Gasteiger charge is 2.20. The van der Waals surface area contributed by atoms with E-state index in [9.17, 15) is 0 Å². The zero-order valence-corrected chi connectivity index (χ0v) is 43.3. The van der Waals surface area contributed by atoms with E-state index in [0.29, 0.717) is 0 Å². The van der Waals surface area contributed by atoms with Crippen LogP contribution in [-0.2, 0) is 0 Å². The van der Waals surface area contributed by atoms with Gasteiger partial charge in [-0.1, -0.05) is 262 Å². The van der Waals surface area contributed by atoms with Crippen molar-refractivity contribution in [1.82, 2.24) is 0 Å². The minimum atomic E-state index is 0.00863. The van der Waals surface area contributed by atoms with Gasteiger partial charge in [0, 0.05) is 34.5 Å². The van der Waals surface area contributed by atoms with E-state index in [4.69, 9.17) is 6.58 Å². The van der Waals surface area contributed by atoms with E-state index < -0.39 is 0 Å². The summed E-state index contributed by atoms with van der Waals surface area (Å²) in [4.78, 5) is 4.70. The molecule has 368 valence electrons. The monoisotopic (exact) mass is 978 g/mol. The molecule has 76 heavy (non-hydrogen) atoms. The van der Waals surface area contributed by atoms with E-state index in [2.05, 4.69) is 333 Å². The summed E-state index contributed by atoms with van der Waals surface area (Å²) in [5, 5.41) is 0. The lowest BCUT2D eigenvalue weighted by Gasteiger charge is -2.30. The lowest BCUT2D eigenvalue weighted by Crippen LogP contribution is -2.26. The SMILES string of the molecule is C=C(/C=C(\C(=C\c1ccccc1)c1ccc(N(c2ccc(-c3ccccc3)cc2)C(C)/C=C\C(=C/CC)c2ccccc2)cc1)c1ccccc1)N(c1ccc(-c2ccccc2)cc1)c1ccc(-c2ccccc2)cc1. The van der Waals surface area contributed by atoms with Crippen LogP contribution < -0.4 is 9.80 Å². The molecule has 0 saturated carbocycles. The first-order chi connectivity index (χ1) is 37.5. The highest BCUT2D eigenvalue weighted by atomic mass is 15.2. The molecule has 10 aromatic rings. The molecule has 0 aliphatic heterocycles. The highest BCUT2D eigenvalue weighted by molar-refractivity contribution is 6.12. The molecule has 2 nitrogen and oxygen atoms in total. The highest BCUT2D eigenvalue weighted by Crippen LogP contribution is 2.40. The molecule has 0 N–H and O–H groups in total. The van der Waals surface area contributed by atoms with Crippen molar-refractivity contribution in [2.24, 2.45) is 0 Å². The molecule has 10 aromatic carbocycles. The van der Waals surface area contributed by atoms with Crippen molar-refractivity contribution in [3.8, 4) is 33.4 Å². The number of rotatable bonds is 18. The Bertz CT molecular complexity index is 3480. The molecule has 0 spiro atoms. The van der Waals surface area contributed by atoms with E-state index >= 15 is 0 Å². The lowest BCUT2D eigenvalue weighted by atomic mass is 9.89. The molecule has 0 amide bonds. The van der Waals surface area contributed by atoms with Gasteiger partial charge in [-0.15, -0.1) is 0 Å². The molecule has 0 saturated heterocycles. The molecule has 0 aliphatic carbocycles. The number of hydrogen-bond donors (Lipinski definition) is 0. The topological polar surface area (TPSA) is 6.48 Å². The van der Waals surface area contributed by atoms with Gasteiger partial charge < -0.3 is 9.80 Å². The minimum Gasteiger partial charge on any atom is -0.335 e. The fourth-order valence-electron chi connectivity index (χ4n) is 9.87. The average molecular weight is 979 g/mol. The average Bonchev–Trinajstić information content (AvgIpc) is 3.50. The lowest BCUT2D eigenvalue weighted by molar-refractivity contribution is 0.864. The zero-order valence-electron chi connectivity index (χ0n) is 43.3. The minimum absolute atomic E-state index is 0.00863. The first-order valence-electron chi connectivity index (χ1n) is 26.3. The van der Waals surface area contributed by atoms with Gasteiger partial charge in [-0.2, -0.15) is 0 Å². The van der Waals surface area contributed by atoms with Gasteiger partial charge in [0.1, 0.15) is 0 Å². The molecule has 1 atom stereocenters. The Hall–Kier alpha value is -9.50. The van der Waals surface area contributed by atoms with E-state index in [0.717, 1.165) is 73.8 Å². The molecule has 2 heteroatoms. The number of benzene rings is 10. The van der Waals surface area contributed by atoms with Gasteiger partial charge >= 0.3 is 0 Å². The van der Waals surface area contributed by atoms with Gasteiger partial charge in [0.15, 0.2) is 0 Å². The number of anilines is 4. The quantitative estimate of drug-likeness (QED) is 0.0624. The van der Waals surface area contributed by atoms with Crippen LogP contribution >= 0.6 is 0 Å². The second-order valence-corrected chi connectivity index (χ2v) is 18.9. The molecule has 0 heterocycles. The molecular formula is C74H62N2. The van der Waals surface area contributed by atoms with Gasteiger partial charge in [-0.3, -0.25) is 0 Å². The Balaban J connectivity index is 1.07. The summed E-state index contributed by atoms with van der Waals surface area (Å²) in [5.74, 6) is 0. The van der Waals surface area contributed by atoms with E-state index in [1.807, 2.05) is 0 Å². The van der Waals surface area contributed by atoms with Crippen molar-refractivity contribution in [3.05, 3.63) is 338 Å². The Morgan fingerprint density at radius 1 is 0.395 bits per heavy atom. The van der Waals surface area contributed by atoms with Crippen LogP contribution in [0, 0.1) is 0 Å². The maximum Gasteiger partial charge on any atom is 0.0497 e. The second kappa shape index (κ2) is 24.5. The third-order valence-electron chi connectivity index (χ3n) is 13.8. The summed E-state index contributed by atoms with van der Waals surface area (Å²) < 4.78 is 0. The van der Waals surface area contributed by atoms with E-state index in [-0.39, 0.29) is 6.04 Å². The molecule has 0 fully saturated rings. The molecule has 0 aliphatic rings. The van der Waals surface area contributed by atoms with Gasteiger partial charge in [0.25, 0.3) is 0 Å². The first-order valence-corrected chi connectivity index (χ1v) is 26.3. The fourth-order valence-corrected chi connectivity index (χ4v) is 9.87. The number of hydrogen-bond acceptors (Lipinski definition) is 2. The van der Waals surface area contributed by atoms with E-state index in [1.54, 1.807) is 0 Å². The predicted molar refractivity (Wildman–Crippen MR) is 328 cm³/mol. The Kier molecular flexibility index (Phi) is 16.1. The Morgan fingerprint density at radius 3 is 1.18 bits per heavy atom. The normalized spacial score (nSPS) is 12.3. The summed E-state index contributed by atoms with van der Waals surface area (Å²) in [6, 6.07) is 99.4. The third-order valence-corrected chi connectivity index (χ3v) is 13.8. The first kappa shape index (κ1) is 50.1. The standard InChI is InChI=1S/C74H62N2/c1-4-23-59(60-26-13-6-14-27-60)37-36-56(2)75(69-46-38-64(39-47-69)61-28-15-7-16-29-61)70-52-44-68(45-53-70)74(55-58-24-11-5-12-25-58)73(67-34-21-10-22-35-67)54-57(3)76(71-48-40-65(41-49-71)62-30-17-8-18-31-62)72-50-42-66(43-51-72)63-32-19-9-20-33-63/h5-56H,3-4H2,1-2H3/b37-36-,59-23+,73-54-,74-55+. The van der Waals surface area contributed by atoms with Gasteiger partial charge in [0.05, 0.1) is 0 Å². The maximum atomic E-state index is 4.90. The molecule has 0 aromatic heterocycles. The fraction of sp³-hybridized carbons (Fsp3) is 0.0541. The second-order valence-electron chi connectivity index (χ2n) is 18.9. The van der Waals surface area contributed by atoms with Crippen LogP contribution in [0.25, 0.3) is 56.2 Å². The summed E-state index contributed by atoms with van der Waals surface area (Å²) >= 11 is 0. The third kappa shape index (κ3) is 12.1. The molecule has 0 radical (unpaired) electrons. The van der Waals surface area contributed by atoms with Crippen molar-refractivity contribution in [2.45, 2.75) is 26.3 Å². The summed E-state index contributed by atoms with van der Waals surface area (Å²) in [6.07, 6.45) is 12.4. The van der Waals surface area contributed by atoms with Gasteiger partial charge in [-0.05, 0) is 146 Å². The van der Waals surface area contributed by atoms with Crippen molar-refractivity contribution in [2.75, 3.05) is 9.80 Å². The van der Waals surface area contributed by atoms with Crippen LogP contribution in [0.15, 0.2) is 316 Å².